The fourth-order valence-corrected chi connectivity index (χ4v) is 3.33. The normalized spacial score (nSPS) is 11.0. The highest BCUT2D eigenvalue weighted by Crippen LogP contribution is 2.20. The van der Waals surface area contributed by atoms with E-state index in [1.165, 1.54) is 16.2 Å². The molecular formula is C18H14N4O3S. The summed E-state index contributed by atoms with van der Waals surface area (Å²) in [5.41, 5.74) is 1.47. The molecule has 3 heterocycles. The minimum atomic E-state index is -0.316. The number of nitrogens with one attached hydrogen (secondary N) is 1. The zero-order valence-corrected chi connectivity index (χ0v) is 14.6. The highest BCUT2D eigenvalue weighted by Gasteiger charge is 2.19. The molecule has 0 fully saturated rings. The molecule has 0 saturated carbocycles. The highest BCUT2D eigenvalue weighted by atomic mass is 32.1. The fourth-order valence-electron chi connectivity index (χ4n) is 2.60. The summed E-state index contributed by atoms with van der Waals surface area (Å²) in [4.78, 5) is 33.1. The number of fused-ring (bicyclic) bond motifs is 1. The summed E-state index contributed by atoms with van der Waals surface area (Å²) < 4.78 is 5.84. The van der Waals surface area contributed by atoms with Crippen molar-refractivity contribution in [2.45, 2.75) is 6.54 Å². The first kappa shape index (κ1) is 16.2. The first-order chi connectivity index (χ1) is 12.6. The fraction of sp³-hybridized carbons (Fsp3) is 0.111. The Hall–Kier alpha value is -3.26. The predicted molar refractivity (Wildman–Crippen MR) is 98.0 cm³/mol. The minimum Gasteiger partial charge on any atom is -0.355 e. The van der Waals surface area contributed by atoms with E-state index in [-0.39, 0.29) is 23.7 Å². The summed E-state index contributed by atoms with van der Waals surface area (Å²) in [6.07, 6.45) is 0. The molecule has 0 saturated heterocycles. The second kappa shape index (κ2) is 6.57. The van der Waals surface area contributed by atoms with Gasteiger partial charge in [-0.15, -0.1) is 11.3 Å². The predicted octanol–water partition coefficient (Wildman–Crippen LogP) is 2.91. The van der Waals surface area contributed by atoms with E-state index in [0.29, 0.717) is 21.8 Å². The third-order valence-corrected chi connectivity index (χ3v) is 4.79. The topological polar surface area (TPSA) is 92.1 Å². The molecule has 0 radical (unpaired) electrons. The molecule has 0 aliphatic carbocycles. The number of aromatic nitrogens is 3. The lowest BCUT2D eigenvalue weighted by Crippen LogP contribution is -2.28. The van der Waals surface area contributed by atoms with E-state index in [2.05, 4.69) is 15.1 Å². The van der Waals surface area contributed by atoms with Crippen molar-refractivity contribution in [1.29, 1.82) is 0 Å². The third kappa shape index (κ3) is 3.02. The Kier molecular flexibility index (Phi) is 4.10. The first-order valence-electron chi connectivity index (χ1n) is 7.86. The zero-order valence-electron chi connectivity index (χ0n) is 13.8. The smallest absolute Gasteiger partial charge is 0.276 e. The number of carbonyl (C=O) groups excluding carboxylic acids is 1. The number of hydrogen-bond donors (Lipinski definition) is 1. The number of hydrogen-bond acceptors (Lipinski definition) is 6. The highest BCUT2D eigenvalue weighted by molar-refractivity contribution is 7.17. The minimum absolute atomic E-state index is 0.160. The van der Waals surface area contributed by atoms with E-state index in [1.807, 2.05) is 35.7 Å². The van der Waals surface area contributed by atoms with E-state index in [0.717, 1.165) is 5.56 Å². The van der Waals surface area contributed by atoms with Crippen LogP contribution in [0.3, 0.4) is 0 Å². The van der Waals surface area contributed by atoms with Gasteiger partial charge in [0.2, 0.25) is 0 Å². The van der Waals surface area contributed by atoms with Crippen molar-refractivity contribution in [3.05, 3.63) is 69.7 Å². The van der Waals surface area contributed by atoms with E-state index in [1.54, 1.807) is 19.2 Å². The average Bonchev–Trinajstić information content (AvgIpc) is 3.31. The molecule has 26 heavy (non-hydrogen) atoms. The number of rotatable bonds is 4. The Morgan fingerprint density at radius 2 is 2.08 bits per heavy atom. The summed E-state index contributed by atoms with van der Waals surface area (Å²) >= 11 is 1.34. The van der Waals surface area contributed by atoms with Crippen molar-refractivity contribution in [1.82, 2.24) is 20.0 Å². The van der Waals surface area contributed by atoms with E-state index in [4.69, 9.17) is 4.52 Å². The van der Waals surface area contributed by atoms with Crippen molar-refractivity contribution < 1.29 is 9.32 Å². The van der Waals surface area contributed by atoms with Crippen LogP contribution in [0, 0.1) is 0 Å². The van der Waals surface area contributed by atoms with Crippen molar-refractivity contribution >= 4 is 27.5 Å². The molecule has 0 spiro atoms. The quantitative estimate of drug-likeness (QED) is 0.599. The zero-order chi connectivity index (χ0) is 18.1. The maximum absolute atomic E-state index is 12.6. The van der Waals surface area contributed by atoms with Crippen molar-refractivity contribution in [2.24, 2.45) is 0 Å². The number of carbonyl (C=O) groups is 1. The third-order valence-electron chi connectivity index (χ3n) is 3.89. The number of amides is 1. The van der Waals surface area contributed by atoms with Gasteiger partial charge in [0.15, 0.2) is 11.5 Å². The standard InChI is InChI=1S/C18H14N4O3S/c1-22(10-15-19-12-7-8-26-16(12)17(23)20-15)18(24)13-9-14(25-21-13)11-5-3-2-4-6-11/h2-9H,10H2,1H3,(H,19,20,23). The van der Waals surface area contributed by atoms with Gasteiger partial charge in [0.05, 0.1) is 12.1 Å². The van der Waals surface area contributed by atoms with E-state index < -0.39 is 0 Å². The van der Waals surface area contributed by atoms with Gasteiger partial charge in [0, 0.05) is 18.7 Å². The Morgan fingerprint density at radius 1 is 1.27 bits per heavy atom. The summed E-state index contributed by atoms with van der Waals surface area (Å²) in [5.74, 6) is 0.626. The van der Waals surface area contributed by atoms with Crippen molar-refractivity contribution in [3.63, 3.8) is 0 Å². The molecule has 1 amide bonds. The Morgan fingerprint density at radius 3 is 2.88 bits per heavy atom. The van der Waals surface area contributed by atoms with Crippen LogP contribution in [-0.4, -0.2) is 33.0 Å². The number of thiophene rings is 1. The lowest BCUT2D eigenvalue weighted by molar-refractivity contribution is 0.0771. The second-order valence-corrected chi connectivity index (χ2v) is 6.67. The van der Waals surface area contributed by atoms with Gasteiger partial charge in [0.1, 0.15) is 10.5 Å². The summed E-state index contributed by atoms with van der Waals surface area (Å²) in [7, 11) is 1.62. The monoisotopic (exact) mass is 366 g/mol. The van der Waals surface area contributed by atoms with Crippen LogP contribution in [-0.2, 0) is 6.54 Å². The molecule has 4 rings (SSSR count). The van der Waals surface area contributed by atoms with Gasteiger partial charge in [-0.2, -0.15) is 0 Å². The lowest BCUT2D eigenvalue weighted by atomic mass is 10.1. The lowest BCUT2D eigenvalue weighted by Gasteiger charge is -2.14. The molecule has 0 bridgehead atoms. The molecule has 0 aliphatic heterocycles. The van der Waals surface area contributed by atoms with Crippen LogP contribution in [0.4, 0.5) is 0 Å². The van der Waals surface area contributed by atoms with Crippen LogP contribution >= 0.6 is 11.3 Å². The number of nitrogens with zero attached hydrogens (tertiary/aromatic N) is 3. The molecule has 130 valence electrons. The molecule has 1 aromatic carbocycles. The molecule has 0 unspecified atom stereocenters. The number of H-pyrrole nitrogens is 1. The Labute approximate surface area is 151 Å². The van der Waals surface area contributed by atoms with Crippen LogP contribution < -0.4 is 5.56 Å². The van der Waals surface area contributed by atoms with Crippen molar-refractivity contribution in [3.8, 4) is 11.3 Å². The van der Waals surface area contributed by atoms with Gasteiger partial charge < -0.3 is 14.4 Å². The number of aromatic amines is 1. The summed E-state index contributed by atoms with van der Waals surface area (Å²) in [5, 5.41) is 5.67. The molecule has 3 aromatic heterocycles. The number of benzene rings is 1. The largest absolute Gasteiger partial charge is 0.355 e. The SMILES string of the molecule is CN(Cc1nc2ccsc2c(=O)[nH]1)C(=O)c1cc(-c2ccccc2)on1. The molecule has 1 N–H and O–H groups in total. The van der Waals surface area contributed by atoms with Gasteiger partial charge in [-0.05, 0) is 11.4 Å². The molecular weight excluding hydrogens is 352 g/mol. The van der Waals surface area contributed by atoms with E-state index in [9.17, 15) is 9.59 Å². The Bertz CT molecular complexity index is 1130. The summed E-state index contributed by atoms with van der Waals surface area (Å²) in [6.45, 7) is 0.160. The molecule has 4 aromatic rings. The van der Waals surface area contributed by atoms with Gasteiger partial charge in [-0.25, -0.2) is 4.98 Å². The van der Waals surface area contributed by atoms with Crippen LogP contribution in [0.25, 0.3) is 21.5 Å². The van der Waals surface area contributed by atoms with Crippen LogP contribution in [0.5, 0.6) is 0 Å². The van der Waals surface area contributed by atoms with Crippen LogP contribution in [0.15, 0.2) is 57.2 Å². The Balaban J connectivity index is 1.54. The van der Waals surface area contributed by atoms with Gasteiger partial charge in [-0.1, -0.05) is 35.5 Å². The van der Waals surface area contributed by atoms with Gasteiger partial charge in [-0.3, -0.25) is 9.59 Å². The molecule has 0 atom stereocenters. The average molecular weight is 366 g/mol. The maximum atomic E-state index is 12.6. The maximum Gasteiger partial charge on any atom is 0.276 e. The molecule has 8 heteroatoms. The van der Waals surface area contributed by atoms with Crippen LogP contribution in [0.1, 0.15) is 16.3 Å². The summed E-state index contributed by atoms with van der Waals surface area (Å²) in [6, 6.07) is 12.8. The van der Waals surface area contributed by atoms with Crippen molar-refractivity contribution in [2.75, 3.05) is 7.05 Å². The second-order valence-electron chi connectivity index (χ2n) is 5.75. The molecule has 0 aliphatic rings. The van der Waals surface area contributed by atoms with Gasteiger partial charge in [0.25, 0.3) is 11.5 Å². The van der Waals surface area contributed by atoms with E-state index >= 15 is 0 Å². The van der Waals surface area contributed by atoms with Crippen LogP contribution in [0.2, 0.25) is 0 Å². The first-order valence-corrected chi connectivity index (χ1v) is 8.74. The van der Waals surface area contributed by atoms with Gasteiger partial charge >= 0.3 is 0 Å². The molecule has 7 nitrogen and oxygen atoms in total.